The molecule has 0 saturated heterocycles. The lowest BCUT2D eigenvalue weighted by atomic mass is 10.3. The molecule has 0 bridgehead atoms. The van der Waals surface area contributed by atoms with Gasteiger partial charge in [-0.15, -0.1) is 0 Å². The van der Waals surface area contributed by atoms with Gasteiger partial charge in [-0.05, 0) is 25.1 Å². The van der Waals surface area contributed by atoms with Crippen molar-refractivity contribution < 1.29 is 8.42 Å². The van der Waals surface area contributed by atoms with Crippen molar-refractivity contribution in [2.75, 3.05) is 5.73 Å². The Morgan fingerprint density at radius 2 is 2.15 bits per heavy atom. The molecule has 20 heavy (non-hydrogen) atoms. The molecule has 0 unspecified atom stereocenters. The Bertz CT molecular complexity index is 740. The third-order valence-electron chi connectivity index (χ3n) is 3.03. The number of benzene rings is 1. The molecule has 0 atom stereocenters. The van der Waals surface area contributed by atoms with Crippen LogP contribution in [0.25, 0.3) is 0 Å². The summed E-state index contributed by atoms with van der Waals surface area (Å²) in [7, 11) is -1.89. The normalized spacial score (nSPS) is 11.8. The molecule has 0 aliphatic rings. The van der Waals surface area contributed by atoms with Gasteiger partial charge in [-0.25, -0.2) is 13.1 Å². The highest BCUT2D eigenvalue weighted by atomic mass is 35.5. The number of sulfonamides is 1. The van der Waals surface area contributed by atoms with E-state index in [1.165, 1.54) is 18.2 Å². The number of halogens is 1. The lowest BCUT2D eigenvalue weighted by molar-refractivity contribution is 0.581. The first kappa shape index (κ1) is 14.8. The highest BCUT2D eigenvalue weighted by Crippen LogP contribution is 2.23. The number of nitrogens with zero attached hydrogens (tertiary/aromatic N) is 2. The van der Waals surface area contributed by atoms with Crippen molar-refractivity contribution in [2.45, 2.75) is 18.4 Å². The average molecular weight is 315 g/mol. The third kappa shape index (κ3) is 2.95. The van der Waals surface area contributed by atoms with Gasteiger partial charge in [0.15, 0.2) is 0 Å². The van der Waals surface area contributed by atoms with Crippen molar-refractivity contribution in [3.05, 3.63) is 40.7 Å². The standard InChI is InChI=1S/C12H15ClN4O2S/c1-8-9(6-15-17(8)2)7-16-20(18,19)12-4-3-10(14)5-11(12)13/h3-6,16H,7,14H2,1-2H3. The molecular formula is C12H15ClN4O2S. The molecule has 1 aromatic carbocycles. The molecule has 6 nitrogen and oxygen atoms in total. The number of aryl methyl sites for hydroxylation is 1. The molecular weight excluding hydrogens is 300 g/mol. The highest BCUT2D eigenvalue weighted by Gasteiger charge is 2.18. The fourth-order valence-electron chi connectivity index (χ4n) is 1.70. The zero-order valence-corrected chi connectivity index (χ0v) is 12.7. The maximum Gasteiger partial charge on any atom is 0.242 e. The largest absolute Gasteiger partial charge is 0.399 e. The minimum atomic E-state index is -3.69. The van der Waals surface area contributed by atoms with Gasteiger partial charge in [-0.1, -0.05) is 11.6 Å². The zero-order valence-electron chi connectivity index (χ0n) is 11.1. The van der Waals surface area contributed by atoms with E-state index in [0.29, 0.717) is 5.69 Å². The van der Waals surface area contributed by atoms with Gasteiger partial charge in [0.2, 0.25) is 10.0 Å². The van der Waals surface area contributed by atoms with Crippen molar-refractivity contribution >= 4 is 27.3 Å². The van der Waals surface area contributed by atoms with E-state index in [9.17, 15) is 8.42 Å². The number of aromatic nitrogens is 2. The van der Waals surface area contributed by atoms with Gasteiger partial charge in [0, 0.05) is 30.5 Å². The Hall–Kier alpha value is -1.57. The average Bonchev–Trinajstić information content (AvgIpc) is 2.67. The fourth-order valence-corrected chi connectivity index (χ4v) is 3.26. The summed E-state index contributed by atoms with van der Waals surface area (Å²) in [6, 6.07) is 4.29. The van der Waals surface area contributed by atoms with E-state index in [1.807, 2.05) is 6.92 Å². The molecule has 0 radical (unpaired) electrons. The van der Waals surface area contributed by atoms with Crippen molar-refractivity contribution in [3.63, 3.8) is 0 Å². The topological polar surface area (TPSA) is 90.0 Å². The quantitative estimate of drug-likeness (QED) is 0.836. The van der Waals surface area contributed by atoms with E-state index in [1.54, 1.807) is 17.9 Å². The predicted molar refractivity (Wildman–Crippen MR) is 77.8 cm³/mol. The van der Waals surface area contributed by atoms with E-state index >= 15 is 0 Å². The van der Waals surface area contributed by atoms with Gasteiger partial charge >= 0.3 is 0 Å². The Morgan fingerprint density at radius 1 is 1.45 bits per heavy atom. The third-order valence-corrected chi connectivity index (χ3v) is 4.92. The summed E-state index contributed by atoms with van der Waals surface area (Å²) < 4.78 is 28.6. The zero-order chi connectivity index (χ0) is 14.9. The molecule has 0 amide bonds. The number of anilines is 1. The van der Waals surface area contributed by atoms with Crippen LogP contribution in [0.5, 0.6) is 0 Å². The van der Waals surface area contributed by atoms with Gasteiger partial charge in [-0.3, -0.25) is 4.68 Å². The summed E-state index contributed by atoms with van der Waals surface area (Å²) in [4.78, 5) is 0.00918. The second-order valence-corrected chi connectivity index (χ2v) is 6.54. The van der Waals surface area contributed by atoms with E-state index in [-0.39, 0.29) is 16.5 Å². The number of hydrogen-bond donors (Lipinski definition) is 2. The maximum absolute atomic E-state index is 12.2. The molecule has 0 aliphatic heterocycles. The molecule has 0 aliphatic carbocycles. The molecule has 2 aromatic rings. The number of nitrogen functional groups attached to an aromatic ring is 1. The number of rotatable bonds is 4. The molecule has 1 heterocycles. The molecule has 0 fully saturated rings. The van der Waals surface area contributed by atoms with Crippen LogP contribution in [0.15, 0.2) is 29.3 Å². The molecule has 3 N–H and O–H groups in total. The van der Waals surface area contributed by atoms with Gasteiger partial charge in [0.05, 0.1) is 11.2 Å². The first-order valence-corrected chi connectivity index (χ1v) is 7.69. The second-order valence-electron chi connectivity index (χ2n) is 4.39. The van der Waals surface area contributed by atoms with E-state index in [0.717, 1.165) is 11.3 Å². The monoisotopic (exact) mass is 314 g/mol. The van der Waals surface area contributed by atoms with Crippen LogP contribution in [-0.4, -0.2) is 18.2 Å². The van der Waals surface area contributed by atoms with Crippen LogP contribution in [0.4, 0.5) is 5.69 Å². The first-order valence-electron chi connectivity index (χ1n) is 5.83. The molecule has 1 aromatic heterocycles. The Balaban J connectivity index is 2.21. The van der Waals surface area contributed by atoms with E-state index in [2.05, 4.69) is 9.82 Å². The lowest BCUT2D eigenvalue weighted by Gasteiger charge is -2.08. The van der Waals surface area contributed by atoms with Gasteiger partial charge < -0.3 is 5.73 Å². The second kappa shape index (κ2) is 5.43. The Labute approximate surface area is 122 Å². The molecule has 0 spiro atoms. The summed E-state index contributed by atoms with van der Waals surface area (Å²) in [5.74, 6) is 0. The first-order chi connectivity index (χ1) is 9.31. The summed E-state index contributed by atoms with van der Waals surface area (Å²) in [6.45, 7) is 2.02. The minimum Gasteiger partial charge on any atom is -0.399 e. The van der Waals surface area contributed by atoms with Gasteiger partial charge in [-0.2, -0.15) is 5.10 Å². The summed E-state index contributed by atoms with van der Waals surface area (Å²) in [6.07, 6.45) is 1.63. The Kier molecular flexibility index (Phi) is 4.03. The maximum atomic E-state index is 12.2. The molecule has 8 heteroatoms. The van der Waals surface area contributed by atoms with E-state index in [4.69, 9.17) is 17.3 Å². The van der Waals surface area contributed by atoms with Crippen molar-refractivity contribution in [1.82, 2.24) is 14.5 Å². The molecule has 2 rings (SSSR count). The van der Waals surface area contributed by atoms with Crippen LogP contribution in [0.1, 0.15) is 11.3 Å². The molecule has 108 valence electrons. The summed E-state index contributed by atoms with van der Waals surface area (Å²) in [5.41, 5.74) is 7.67. The van der Waals surface area contributed by atoms with Crippen molar-refractivity contribution in [3.8, 4) is 0 Å². The van der Waals surface area contributed by atoms with Crippen molar-refractivity contribution in [1.29, 1.82) is 0 Å². The highest BCUT2D eigenvalue weighted by molar-refractivity contribution is 7.89. The predicted octanol–water partition coefficient (Wildman–Crippen LogP) is 1.44. The van der Waals surface area contributed by atoms with E-state index < -0.39 is 10.0 Å². The van der Waals surface area contributed by atoms with Crippen LogP contribution in [-0.2, 0) is 23.6 Å². The Morgan fingerprint density at radius 3 is 2.70 bits per heavy atom. The minimum absolute atomic E-state index is 0.00918. The van der Waals surface area contributed by atoms with Crippen molar-refractivity contribution in [2.24, 2.45) is 7.05 Å². The number of hydrogen-bond acceptors (Lipinski definition) is 4. The van der Waals surface area contributed by atoms with Gasteiger partial charge in [0.1, 0.15) is 4.90 Å². The number of nitrogens with two attached hydrogens (primary N) is 1. The summed E-state index contributed by atoms with van der Waals surface area (Å²) >= 11 is 5.92. The van der Waals surface area contributed by atoms with Crippen LogP contribution < -0.4 is 10.5 Å². The number of nitrogens with one attached hydrogen (secondary N) is 1. The lowest BCUT2D eigenvalue weighted by Crippen LogP contribution is -2.23. The SMILES string of the molecule is Cc1c(CNS(=O)(=O)c2ccc(N)cc2Cl)cnn1C. The van der Waals surface area contributed by atoms with Crippen LogP contribution in [0.3, 0.4) is 0 Å². The van der Waals surface area contributed by atoms with Crippen LogP contribution in [0.2, 0.25) is 5.02 Å². The van der Waals surface area contributed by atoms with Crippen LogP contribution >= 0.6 is 11.6 Å². The molecule has 0 saturated carbocycles. The summed E-state index contributed by atoms with van der Waals surface area (Å²) in [5, 5.41) is 4.16. The van der Waals surface area contributed by atoms with Gasteiger partial charge in [0.25, 0.3) is 0 Å². The smallest absolute Gasteiger partial charge is 0.242 e. The van der Waals surface area contributed by atoms with Crippen LogP contribution in [0, 0.1) is 6.92 Å². The fraction of sp³-hybridized carbons (Fsp3) is 0.250.